The largest absolute Gasteiger partial charge is 0.325 e. The Hall–Kier alpha value is -2.43. The number of nitrogens with one attached hydrogen (secondary N) is 1. The summed E-state index contributed by atoms with van der Waals surface area (Å²) in [6.45, 7) is 2.34. The van der Waals surface area contributed by atoms with Crippen LogP contribution in [0.2, 0.25) is 0 Å². The molecule has 1 aromatic carbocycles. The molecule has 1 aliphatic rings. The number of nitrogens with zero attached hydrogens (tertiary/aromatic N) is 3. The second-order valence-electron chi connectivity index (χ2n) is 4.44. The molecule has 19 heavy (non-hydrogen) atoms. The minimum atomic E-state index is -0.0748. The number of carbonyl (C=O) groups excluding carboxylic acids is 1. The van der Waals surface area contributed by atoms with E-state index in [9.17, 15) is 4.79 Å². The molecule has 0 saturated heterocycles. The van der Waals surface area contributed by atoms with Crippen LogP contribution in [-0.2, 0) is 11.2 Å². The van der Waals surface area contributed by atoms with Crippen LogP contribution in [0.15, 0.2) is 36.7 Å². The summed E-state index contributed by atoms with van der Waals surface area (Å²) in [5.74, 6) is 0.591. The number of hydrogen-bond donors (Lipinski definition) is 1. The van der Waals surface area contributed by atoms with Crippen LogP contribution in [0, 0.1) is 0 Å². The van der Waals surface area contributed by atoms with Gasteiger partial charge in [0, 0.05) is 25.9 Å². The first kappa shape index (κ1) is 11.6. The molecule has 5 nitrogen and oxygen atoms in total. The zero-order valence-electron chi connectivity index (χ0n) is 10.6. The Balaban J connectivity index is 2.05. The first-order chi connectivity index (χ1) is 9.25. The molecule has 2 heterocycles. The van der Waals surface area contributed by atoms with Crippen LogP contribution in [-0.4, -0.2) is 22.4 Å². The Labute approximate surface area is 111 Å². The molecular weight excluding hydrogens is 240 g/mol. The number of aromatic nitrogens is 2. The van der Waals surface area contributed by atoms with E-state index in [1.54, 1.807) is 18.5 Å². The molecule has 0 fully saturated rings. The third kappa shape index (κ3) is 2.14. The molecular formula is C14H14N4O. The molecule has 0 aliphatic carbocycles. The third-order valence-electron chi connectivity index (χ3n) is 3.10. The highest BCUT2D eigenvalue weighted by Crippen LogP contribution is 2.38. The zero-order chi connectivity index (χ0) is 13.2. The van der Waals surface area contributed by atoms with Crippen LogP contribution < -0.4 is 10.2 Å². The second kappa shape index (κ2) is 4.68. The quantitative estimate of drug-likeness (QED) is 0.892. The fourth-order valence-corrected chi connectivity index (χ4v) is 2.38. The van der Waals surface area contributed by atoms with Crippen LogP contribution in [0.1, 0.15) is 12.5 Å². The molecule has 1 aliphatic heterocycles. The van der Waals surface area contributed by atoms with Gasteiger partial charge in [-0.15, -0.1) is 0 Å². The van der Waals surface area contributed by atoms with Crippen molar-refractivity contribution in [2.75, 3.05) is 16.8 Å². The highest BCUT2D eigenvalue weighted by Gasteiger charge is 2.25. The summed E-state index contributed by atoms with van der Waals surface area (Å²) in [6.07, 6.45) is 4.38. The highest BCUT2D eigenvalue weighted by molar-refractivity contribution is 5.94. The van der Waals surface area contributed by atoms with Crippen molar-refractivity contribution in [3.63, 3.8) is 0 Å². The van der Waals surface area contributed by atoms with Gasteiger partial charge in [0.1, 0.15) is 0 Å². The lowest BCUT2D eigenvalue weighted by molar-refractivity contribution is -0.114. The minimum absolute atomic E-state index is 0.0748. The van der Waals surface area contributed by atoms with Crippen LogP contribution >= 0.6 is 0 Å². The fourth-order valence-electron chi connectivity index (χ4n) is 2.38. The van der Waals surface area contributed by atoms with Gasteiger partial charge in [0.05, 0.1) is 11.4 Å². The van der Waals surface area contributed by atoms with E-state index < -0.39 is 0 Å². The molecule has 5 heteroatoms. The minimum Gasteiger partial charge on any atom is -0.325 e. The summed E-state index contributed by atoms with van der Waals surface area (Å²) >= 11 is 0. The molecule has 0 unspecified atom stereocenters. The number of anilines is 3. The van der Waals surface area contributed by atoms with E-state index in [2.05, 4.69) is 21.4 Å². The van der Waals surface area contributed by atoms with Gasteiger partial charge in [-0.3, -0.25) is 4.79 Å². The van der Waals surface area contributed by atoms with Crippen molar-refractivity contribution in [2.45, 2.75) is 13.3 Å². The number of benzene rings is 1. The van der Waals surface area contributed by atoms with E-state index >= 15 is 0 Å². The number of carbonyl (C=O) groups is 1. The molecule has 96 valence electrons. The zero-order valence-corrected chi connectivity index (χ0v) is 10.6. The molecule has 3 rings (SSSR count). The van der Waals surface area contributed by atoms with Crippen LogP contribution in [0.3, 0.4) is 0 Å². The van der Waals surface area contributed by atoms with E-state index in [4.69, 9.17) is 0 Å². The van der Waals surface area contributed by atoms with Crippen LogP contribution in [0.4, 0.5) is 17.3 Å². The monoisotopic (exact) mass is 254 g/mol. The van der Waals surface area contributed by atoms with Crippen molar-refractivity contribution in [3.8, 4) is 0 Å². The average Bonchev–Trinajstić information content (AvgIpc) is 2.84. The lowest BCUT2D eigenvalue weighted by Gasteiger charge is -2.19. The van der Waals surface area contributed by atoms with E-state index in [0.29, 0.717) is 5.95 Å². The lowest BCUT2D eigenvalue weighted by atomic mass is 10.1. The van der Waals surface area contributed by atoms with E-state index in [1.807, 2.05) is 17.0 Å². The number of hydrogen-bond acceptors (Lipinski definition) is 4. The Morgan fingerprint density at radius 3 is 2.79 bits per heavy atom. The van der Waals surface area contributed by atoms with Gasteiger partial charge < -0.3 is 10.2 Å². The van der Waals surface area contributed by atoms with Crippen molar-refractivity contribution in [1.29, 1.82) is 0 Å². The molecule has 2 aromatic rings. The SMILES string of the molecule is CC(=O)Nc1cccc2c1N(c1ncccn1)CC2. The normalized spacial score (nSPS) is 13.2. The highest BCUT2D eigenvalue weighted by atomic mass is 16.1. The molecule has 1 amide bonds. The van der Waals surface area contributed by atoms with Crippen molar-refractivity contribution >= 4 is 23.2 Å². The van der Waals surface area contributed by atoms with Gasteiger partial charge in [-0.05, 0) is 24.1 Å². The maximum absolute atomic E-state index is 11.3. The van der Waals surface area contributed by atoms with E-state index in [-0.39, 0.29) is 5.91 Å². The molecule has 0 spiro atoms. The van der Waals surface area contributed by atoms with Crippen molar-refractivity contribution in [3.05, 3.63) is 42.2 Å². The predicted octanol–water partition coefficient (Wildman–Crippen LogP) is 2.13. The van der Waals surface area contributed by atoms with Gasteiger partial charge in [0.2, 0.25) is 11.9 Å². The van der Waals surface area contributed by atoms with Crippen LogP contribution in [0.5, 0.6) is 0 Å². The number of rotatable bonds is 2. The third-order valence-corrected chi connectivity index (χ3v) is 3.10. The maximum Gasteiger partial charge on any atom is 0.229 e. The van der Waals surface area contributed by atoms with Gasteiger partial charge in [-0.2, -0.15) is 0 Å². The summed E-state index contributed by atoms with van der Waals surface area (Å²) < 4.78 is 0. The Bertz CT molecular complexity index is 612. The molecule has 0 atom stereocenters. The molecule has 0 bridgehead atoms. The Morgan fingerprint density at radius 2 is 2.05 bits per heavy atom. The Morgan fingerprint density at radius 1 is 1.26 bits per heavy atom. The molecule has 0 saturated carbocycles. The summed E-state index contributed by atoms with van der Waals surface area (Å²) in [6, 6.07) is 7.73. The van der Waals surface area contributed by atoms with Crippen molar-refractivity contribution in [2.24, 2.45) is 0 Å². The standard InChI is InChI=1S/C14H14N4O/c1-10(19)17-12-5-2-4-11-6-9-18(13(11)12)14-15-7-3-8-16-14/h2-5,7-8H,6,9H2,1H3,(H,17,19). The predicted molar refractivity (Wildman–Crippen MR) is 73.5 cm³/mol. The van der Waals surface area contributed by atoms with E-state index in [0.717, 1.165) is 24.3 Å². The second-order valence-corrected chi connectivity index (χ2v) is 4.44. The smallest absolute Gasteiger partial charge is 0.229 e. The lowest BCUT2D eigenvalue weighted by Crippen LogP contribution is -2.18. The summed E-state index contributed by atoms with van der Waals surface area (Å²) in [7, 11) is 0. The fraction of sp³-hybridized carbons (Fsp3) is 0.214. The summed E-state index contributed by atoms with van der Waals surface area (Å²) in [5.41, 5.74) is 3.03. The van der Waals surface area contributed by atoms with E-state index in [1.165, 1.54) is 12.5 Å². The topological polar surface area (TPSA) is 58.1 Å². The van der Waals surface area contributed by atoms with Gasteiger partial charge in [0.15, 0.2) is 0 Å². The average molecular weight is 254 g/mol. The number of amides is 1. The van der Waals surface area contributed by atoms with Crippen molar-refractivity contribution < 1.29 is 4.79 Å². The van der Waals surface area contributed by atoms with Gasteiger partial charge >= 0.3 is 0 Å². The Kier molecular flexibility index (Phi) is 2.87. The number of fused-ring (bicyclic) bond motifs is 1. The molecule has 0 radical (unpaired) electrons. The molecule has 1 N–H and O–H groups in total. The van der Waals surface area contributed by atoms with Crippen molar-refractivity contribution in [1.82, 2.24) is 9.97 Å². The number of para-hydroxylation sites is 1. The van der Waals surface area contributed by atoms with Gasteiger partial charge in [-0.1, -0.05) is 12.1 Å². The van der Waals surface area contributed by atoms with Gasteiger partial charge in [0.25, 0.3) is 0 Å². The first-order valence-electron chi connectivity index (χ1n) is 6.20. The van der Waals surface area contributed by atoms with Crippen LogP contribution in [0.25, 0.3) is 0 Å². The summed E-state index contributed by atoms with van der Waals surface area (Å²) in [4.78, 5) is 21.9. The molecule has 1 aromatic heterocycles. The summed E-state index contributed by atoms with van der Waals surface area (Å²) in [5, 5.41) is 2.87. The maximum atomic E-state index is 11.3. The van der Waals surface area contributed by atoms with Gasteiger partial charge in [-0.25, -0.2) is 9.97 Å². The first-order valence-corrected chi connectivity index (χ1v) is 6.20.